The van der Waals surface area contributed by atoms with Crippen LogP contribution in [0.2, 0.25) is 0 Å². The molecule has 0 spiro atoms. The van der Waals surface area contributed by atoms with E-state index in [9.17, 15) is 9.59 Å². The van der Waals surface area contributed by atoms with Crippen LogP contribution < -0.4 is 10.6 Å². The zero-order valence-corrected chi connectivity index (χ0v) is 9.89. The van der Waals surface area contributed by atoms with Crippen LogP contribution in [0.1, 0.15) is 25.7 Å². The molecule has 2 rings (SSSR count). The molecule has 0 aliphatic carbocycles. The Bertz CT molecular complexity index is 390. The first-order valence-electron chi connectivity index (χ1n) is 5.99. The molecule has 6 heteroatoms. The average Bonchev–Trinajstić information content (AvgIpc) is 2.90. The molecule has 2 amide bonds. The Morgan fingerprint density at radius 3 is 2.78 bits per heavy atom. The van der Waals surface area contributed by atoms with Crippen molar-refractivity contribution in [2.75, 3.05) is 0 Å². The van der Waals surface area contributed by atoms with Crippen molar-refractivity contribution in [3.8, 4) is 12.3 Å². The molecule has 98 valence electrons. The first kappa shape index (κ1) is 12.7. The smallest absolute Gasteiger partial charge is 0.327 e. The molecule has 0 aromatic rings. The lowest BCUT2D eigenvalue weighted by Crippen LogP contribution is -2.51. The van der Waals surface area contributed by atoms with Gasteiger partial charge in [0, 0.05) is 6.42 Å². The predicted molar refractivity (Wildman–Crippen MR) is 62.8 cm³/mol. The number of hydrogen-bond donors (Lipinski definition) is 3. The molecule has 4 unspecified atom stereocenters. The van der Waals surface area contributed by atoms with Gasteiger partial charge < -0.3 is 20.5 Å². The van der Waals surface area contributed by atoms with E-state index in [0.717, 1.165) is 19.3 Å². The van der Waals surface area contributed by atoms with E-state index in [1.807, 2.05) is 0 Å². The van der Waals surface area contributed by atoms with Crippen LogP contribution in [0.15, 0.2) is 0 Å². The highest BCUT2D eigenvalue weighted by Crippen LogP contribution is 2.34. The summed E-state index contributed by atoms with van der Waals surface area (Å²) in [5.74, 6) is 1.09. The van der Waals surface area contributed by atoms with Gasteiger partial charge in [-0.05, 0) is 19.3 Å². The van der Waals surface area contributed by atoms with E-state index in [-0.39, 0.29) is 24.7 Å². The first-order chi connectivity index (χ1) is 8.60. The molecule has 2 saturated heterocycles. The maximum Gasteiger partial charge on any atom is 0.327 e. The zero-order valence-electron chi connectivity index (χ0n) is 9.89. The lowest BCUT2D eigenvalue weighted by molar-refractivity contribution is -0.139. The first-order valence-corrected chi connectivity index (χ1v) is 5.99. The summed E-state index contributed by atoms with van der Waals surface area (Å²) in [6.07, 6.45) is 8.11. The summed E-state index contributed by atoms with van der Waals surface area (Å²) in [6.45, 7) is 0. The number of nitrogens with one attached hydrogen (secondary N) is 2. The molecule has 18 heavy (non-hydrogen) atoms. The number of ether oxygens (including phenoxy) is 1. The summed E-state index contributed by atoms with van der Waals surface area (Å²) in [5.41, 5.74) is 0. The van der Waals surface area contributed by atoms with Crippen molar-refractivity contribution in [3.05, 3.63) is 0 Å². The molecule has 2 aliphatic rings. The van der Waals surface area contributed by atoms with Gasteiger partial charge in [-0.15, -0.1) is 12.3 Å². The fourth-order valence-corrected chi connectivity index (χ4v) is 2.48. The molecular weight excluding hydrogens is 236 g/mol. The summed E-state index contributed by atoms with van der Waals surface area (Å²) < 4.78 is 5.59. The van der Waals surface area contributed by atoms with Gasteiger partial charge in [-0.3, -0.25) is 0 Å². The normalized spacial score (nSPS) is 30.5. The van der Waals surface area contributed by atoms with Gasteiger partial charge in [0.1, 0.15) is 6.04 Å². The van der Waals surface area contributed by atoms with E-state index >= 15 is 0 Å². The molecule has 2 fully saturated rings. The highest BCUT2D eigenvalue weighted by Gasteiger charge is 2.41. The minimum Gasteiger partial charge on any atom is -0.480 e. The number of hydrogen-bond acceptors (Lipinski definition) is 3. The van der Waals surface area contributed by atoms with Crippen molar-refractivity contribution in [2.24, 2.45) is 0 Å². The molecule has 0 aromatic carbocycles. The van der Waals surface area contributed by atoms with E-state index in [2.05, 4.69) is 16.6 Å². The van der Waals surface area contributed by atoms with Crippen LogP contribution in [-0.4, -0.2) is 41.4 Å². The third kappa shape index (κ3) is 2.74. The number of terminal acetylenes is 1. The molecule has 2 bridgehead atoms. The molecule has 0 aromatic heterocycles. The van der Waals surface area contributed by atoms with Crippen molar-refractivity contribution >= 4 is 12.0 Å². The fraction of sp³-hybridized carbons (Fsp3) is 0.667. The molecule has 0 saturated carbocycles. The average molecular weight is 252 g/mol. The van der Waals surface area contributed by atoms with E-state index in [1.165, 1.54) is 0 Å². The Hall–Kier alpha value is -1.74. The number of carbonyl (C=O) groups excluding carboxylic acids is 1. The van der Waals surface area contributed by atoms with Gasteiger partial charge >= 0.3 is 12.0 Å². The van der Waals surface area contributed by atoms with Gasteiger partial charge in [-0.25, -0.2) is 9.59 Å². The second-order valence-corrected chi connectivity index (χ2v) is 4.63. The summed E-state index contributed by atoms with van der Waals surface area (Å²) >= 11 is 0. The zero-order chi connectivity index (χ0) is 13.1. The maximum absolute atomic E-state index is 11.7. The largest absolute Gasteiger partial charge is 0.480 e. The molecule has 0 radical (unpaired) electrons. The molecule has 4 atom stereocenters. The highest BCUT2D eigenvalue weighted by atomic mass is 16.5. The number of fused-ring (bicyclic) bond motifs is 2. The summed E-state index contributed by atoms with van der Waals surface area (Å²) in [5, 5.41) is 14.0. The van der Waals surface area contributed by atoms with Gasteiger partial charge in [0.2, 0.25) is 0 Å². The topological polar surface area (TPSA) is 87.7 Å². The lowest BCUT2D eigenvalue weighted by Gasteiger charge is -2.21. The fourth-order valence-electron chi connectivity index (χ4n) is 2.48. The molecule has 3 N–H and O–H groups in total. The van der Waals surface area contributed by atoms with E-state index in [1.54, 1.807) is 0 Å². The molecule has 2 heterocycles. The molecule has 2 aliphatic heterocycles. The molecule has 6 nitrogen and oxygen atoms in total. The van der Waals surface area contributed by atoms with Crippen LogP contribution in [-0.2, 0) is 9.53 Å². The number of amides is 2. The van der Waals surface area contributed by atoms with Crippen LogP contribution >= 0.6 is 0 Å². The second kappa shape index (κ2) is 5.27. The van der Waals surface area contributed by atoms with Gasteiger partial charge in [-0.1, -0.05) is 0 Å². The number of aliphatic carboxylic acids is 1. The second-order valence-electron chi connectivity index (χ2n) is 4.63. The SMILES string of the molecule is C#CCC(NC(=O)NC1CC2CCC1O2)C(=O)O. The lowest BCUT2D eigenvalue weighted by atomic mass is 9.96. The van der Waals surface area contributed by atoms with Crippen LogP contribution in [0, 0.1) is 12.3 Å². The quantitative estimate of drug-likeness (QED) is 0.618. The Morgan fingerprint density at radius 2 is 2.28 bits per heavy atom. The van der Waals surface area contributed by atoms with E-state index < -0.39 is 18.0 Å². The Balaban J connectivity index is 1.81. The summed E-state index contributed by atoms with van der Waals surface area (Å²) in [7, 11) is 0. The van der Waals surface area contributed by atoms with Gasteiger partial charge in [-0.2, -0.15) is 0 Å². The standard InChI is InChI=1S/C12H16N2O4/c1-2-3-8(11(15)16)13-12(17)14-9-6-7-4-5-10(9)18-7/h1,7-10H,3-6H2,(H,15,16)(H2,13,14,17). The predicted octanol–water partition coefficient (Wildman–Crippen LogP) is 0.0820. The Morgan fingerprint density at radius 1 is 1.50 bits per heavy atom. The number of urea groups is 1. The number of rotatable bonds is 4. The van der Waals surface area contributed by atoms with Crippen molar-refractivity contribution in [3.63, 3.8) is 0 Å². The Kier molecular flexibility index (Phi) is 3.72. The maximum atomic E-state index is 11.7. The monoisotopic (exact) mass is 252 g/mol. The number of carboxylic acid groups (broad SMARTS) is 1. The van der Waals surface area contributed by atoms with E-state index in [0.29, 0.717) is 0 Å². The number of carbonyl (C=O) groups is 2. The van der Waals surface area contributed by atoms with Gasteiger partial charge in [0.05, 0.1) is 18.2 Å². The van der Waals surface area contributed by atoms with Gasteiger partial charge in [0.15, 0.2) is 0 Å². The van der Waals surface area contributed by atoms with E-state index in [4.69, 9.17) is 16.3 Å². The Labute approximate surface area is 105 Å². The third-order valence-corrected chi connectivity index (χ3v) is 3.35. The van der Waals surface area contributed by atoms with Crippen molar-refractivity contribution in [2.45, 2.75) is 50.0 Å². The van der Waals surface area contributed by atoms with Crippen LogP contribution in [0.5, 0.6) is 0 Å². The van der Waals surface area contributed by atoms with Gasteiger partial charge in [0.25, 0.3) is 0 Å². The van der Waals surface area contributed by atoms with Crippen LogP contribution in [0.4, 0.5) is 4.79 Å². The molecular formula is C12H16N2O4. The highest BCUT2D eigenvalue weighted by molar-refractivity contribution is 5.82. The van der Waals surface area contributed by atoms with Crippen LogP contribution in [0.25, 0.3) is 0 Å². The van der Waals surface area contributed by atoms with Crippen molar-refractivity contribution < 1.29 is 19.4 Å². The van der Waals surface area contributed by atoms with Crippen LogP contribution in [0.3, 0.4) is 0 Å². The minimum atomic E-state index is -1.13. The third-order valence-electron chi connectivity index (χ3n) is 3.35. The summed E-state index contributed by atoms with van der Waals surface area (Å²) in [4.78, 5) is 22.5. The number of carboxylic acids is 1. The summed E-state index contributed by atoms with van der Waals surface area (Å²) in [6, 6.07) is -1.57. The van der Waals surface area contributed by atoms with Crippen molar-refractivity contribution in [1.29, 1.82) is 0 Å². The van der Waals surface area contributed by atoms with Crippen molar-refractivity contribution in [1.82, 2.24) is 10.6 Å². The minimum absolute atomic E-state index is 0.0240.